The third kappa shape index (κ3) is 2.15. The van der Waals surface area contributed by atoms with Crippen molar-refractivity contribution < 1.29 is 9.53 Å². The summed E-state index contributed by atoms with van der Waals surface area (Å²) in [5, 5.41) is 0. The SMILES string of the molecule is C=C(OC(C)(C)C)N1C2(C)CCC1(C)CC(=O)C2. The lowest BCUT2D eigenvalue weighted by molar-refractivity contribution is -0.132. The highest BCUT2D eigenvalue weighted by atomic mass is 16.5. The second kappa shape index (κ2) is 3.75. The molecule has 0 saturated carbocycles. The molecule has 3 heteroatoms. The molecule has 18 heavy (non-hydrogen) atoms. The Labute approximate surface area is 110 Å². The highest BCUT2D eigenvalue weighted by Crippen LogP contribution is 2.51. The van der Waals surface area contributed by atoms with Crippen LogP contribution in [0.1, 0.15) is 60.3 Å². The summed E-state index contributed by atoms with van der Waals surface area (Å²) in [7, 11) is 0. The number of carbonyl (C=O) groups excluding carboxylic acids is 1. The van der Waals surface area contributed by atoms with E-state index in [0.717, 1.165) is 18.7 Å². The van der Waals surface area contributed by atoms with Crippen LogP contribution in [0.2, 0.25) is 0 Å². The van der Waals surface area contributed by atoms with E-state index in [1.54, 1.807) is 0 Å². The molecule has 2 atom stereocenters. The largest absolute Gasteiger partial charge is 0.474 e. The number of Topliss-reactive ketones (excluding diaryl/α,β-unsaturated/α-hetero) is 1. The Hall–Kier alpha value is -0.990. The van der Waals surface area contributed by atoms with Gasteiger partial charge in [0.05, 0.1) is 0 Å². The lowest BCUT2D eigenvalue weighted by atomic mass is 9.85. The molecule has 2 rings (SSSR count). The molecular weight excluding hydrogens is 226 g/mol. The van der Waals surface area contributed by atoms with Crippen LogP contribution in [0.4, 0.5) is 0 Å². The smallest absolute Gasteiger partial charge is 0.183 e. The van der Waals surface area contributed by atoms with Gasteiger partial charge in [-0.25, -0.2) is 0 Å². The zero-order valence-electron chi connectivity index (χ0n) is 12.3. The zero-order valence-corrected chi connectivity index (χ0v) is 12.3. The summed E-state index contributed by atoms with van der Waals surface area (Å²) < 4.78 is 5.94. The summed E-state index contributed by atoms with van der Waals surface area (Å²) in [5.74, 6) is 1.09. The normalized spacial score (nSPS) is 35.8. The van der Waals surface area contributed by atoms with Crippen LogP contribution in [0.25, 0.3) is 0 Å². The Morgan fingerprint density at radius 1 is 1.22 bits per heavy atom. The molecule has 102 valence electrons. The second-order valence-electron chi connectivity index (χ2n) is 7.33. The molecule has 2 heterocycles. The van der Waals surface area contributed by atoms with E-state index >= 15 is 0 Å². The van der Waals surface area contributed by atoms with Crippen molar-refractivity contribution in [1.82, 2.24) is 4.90 Å². The van der Waals surface area contributed by atoms with Crippen molar-refractivity contribution >= 4 is 5.78 Å². The molecule has 2 bridgehead atoms. The van der Waals surface area contributed by atoms with Crippen molar-refractivity contribution in [1.29, 1.82) is 0 Å². The number of hydrogen-bond acceptors (Lipinski definition) is 3. The van der Waals surface area contributed by atoms with E-state index in [4.69, 9.17) is 4.74 Å². The molecule has 0 amide bonds. The first kappa shape index (κ1) is 13.4. The third-order valence-electron chi connectivity index (χ3n) is 4.11. The van der Waals surface area contributed by atoms with E-state index in [2.05, 4.69) is 25.3 Å². The fourth-order valence-corrected chi connectivity index (χ4v) is 3.66. The quantitative estimate of drug-likeness (QED) is 0.706. The van der Waals surface area contributed by atoms with E-state index in [9.17, 15) is 4.79 Å². The van der Waals surface area contributed by atoms with Crippen molar-refractivity contribution in [3.8, 4) is 0 Å². The molecule has 0 spiro atoms. The molecule has 2 unspecified atom stereocenters. The zero-order chi connectivity index (χ0) is 13.8. The topological polar surface area (TPSA) is 29.5 Å². The summed E-state index contributed by atoms with van der Waals surface area (Å²) in [6.45, 7) is 14.5. The Kier molecular flexibility index (Phi) is 2.80. The second-order valence-corrected chi connectivity index (χ2v) is 7.33. The number of ether oxygens (including phenoxy) is 1. The summed E-state index contributed by atoms with van der Waals surface area (Å²) in [5.41, 5.74) is -0.455. The van der Waals surface area contributed by atoms with Crippen LogP contribution in [-0.2, 0) is 9.53 Å². The van der Waals surface area contributed by atoms with Gasteiger partial charge in [-0.05, 0) is 54.0 Å². The van der Waals surface area contributed by atoms with Gasteiger partial charge in [-0.3, -0.25) is 4.79 Å². The number of hydrogen-bond donors (Lipinski definition) is 0. The van der Waals surface area contributed by atoms with Gasteiger partial charge < -0.3 is 9.64 Å². The van der Waals surface area contributed by atoms with Crippen LogP contribution in [0, 0.1) is 0 Å². The number of fused-ring (bicyclic) bond motifs is 2. The van der Waals surface area contributed by atoms with Crippen molar-refractivity contribution in [3.05, 3.63) is 12.5 Å². The van der Waals surface area contributed by atoms with Gasteiger partial charge in [0.2, 0.25) is 0 Å². The monoisotopic (exact) mass is 251 g/mol. The first-order valence-electron chi connectivity index (χ1n) is 6.76. The fourth-order valence-electron chi connectivity index (χ4n) is 3.66. The minimum Gasteiger partial charge on any atom is -0.474 e. The average Bonchev–Trinajstić information content (AvgIpc) is 2.27. The molecular formula is C15H25NO2. The van der Waals surface area contributed by atoms with Gasteiger partial charge in [0.15, 0.2) is 5.88 Å². The van der Waals surface area contributed by atoms with Crippen molar-refractivity contribution in [2.75, 3.05) is 0 Å². The van der Waals surface area contributed by atoms with Crippen LogP contribution >= 0.6 is 0 Å². The maximum atomic E-state index is 11.9. The van der Waals surface area contributed by atoms with E-state index in [0.29, 0.717) is 18.6 Å². The summed E-state index contributed by atoms with van der Waals surface area (Å²) in [6.07, 6.45) is 3.33. The van der Waals surface area contributed by atoms with Gasteiger partial charge in [-0.1, -0.05) is 0 Å². The number of rotatable bonds is 2. The third-order valence-corrected chi connectivity index (χ3v) is 4.11. The Morgan fingerprint density at radius 2 is 1.67 bits per heavy atom. The summed E-state index contributed by atoms with van der Waals surface area (Å²) in [6, 6.07) is 0. The maximum Gasteiger partial charge on any atom is 0.183 e. The van der Waals surface area contributed by atoms with Crippen molar-refractivity contribution in [3.63, 3.8) is 0 Å². The molecule has 2 saturated heterocycles. The predicted molar refractivity (Wildman–Crippen MR) is 72.1 cm³/mol. The molecule has 0 aromatic rings. The highest BCUT2D eigenvalue weighted by molar-refractivity contribution is 5.82. The summed E-state index contributed by atoms with van der Waals surface area (Å²) >= 11 is 0. The molecule has 2 fully saturated rings. The first-order valence-corrected chi connectivity index (χ1v) is 6.76. The molecule has 0 aromatic carbocycles. The first-order chi connectivity index (χ1) is 8.06. The molecule has 0 radical (unpaired) electrons. The van der Waals surface area contributed by atoms with Gasteiger partial charge in [-0.2, -0.15) is 0 Å². The minimum atomic E-state index is -0.245. The standard InChI is InChI=1S/C15H25NO2/c1-11(18-13(2,3)4)16-14(5)7-8-15(16,6)10-12(17)9-14/h1,7-10H2,2-6H3. The van der Waals surface area contributed by atoms with Gasteiger partial charge in [0, 0.05) is 23.9 Å². The van der Waals surface area contributed by atoms with E-state index in [1.807, 2.05) is 20.8 Å². The van der Waals surface area contributed by atoms with E-state index in [1.165, 1.54) is 0 Å². The van der Waals surface area contributed by atoms with Crippen molar-refractivity contribution in [2.24, 2.45) is 0 Å². The van der Waals surface area contributed by atoms with Gasteiger partial charge in [0.1, 0.15) is 11.4 Å². The Morgan fingerprint density at radius 3 is 2.06 bits per heavy atom. The number of piperidine rings is 1. The van der Waals surface area contributed by atoms with Crippen LogP contribution in [-0.4, -0.2) is 27.4 Å². The lowest BCUT2D eigenvalue weighted by Crippen LogP contribution is -2.57. The highest BCUT2D eigenvalue weighted by Gasteiger charge is 2.56. The molecule has 0 N–H and O–H groups in total. The summed E-state index contributed by atoms with van der Waals surface area (Å²) in [4.78, 5) is 14.2. The average molecular weight is 251 g/mol. The fraction of sp³-hybridized carbons (Fsp3) is 0.800. The molecule has 0 aromatic heterocycles. The van der Waals surface area contributed by atoms with Crippen LogP contribution in [0.3, 0.4) is 0 Å². The van der Waals surface area contributed by atoms with Crippen LogP contribution < -0.4 is 0 Å². The van der Waals surface area contributed by atoms with Crippen LogP contribution in [0.15, 0.2) is 12.5 Å². The van der Waals surface area contributed by atoms with Gasteiger partial charge in [-0.15, -0.1) is 0 Å². The molecule has 2 aliphatic heterocycles. The van der Waals surface area contributed by atoms with Gasteiger partial charge >= 0.3 is 0 Å². The predicted octanol–water partition coefficient (Wildman–Crippen LogP) is 3.25. The lowest BCUT2D eigenvalue weighted by Gasteiger charge is -2.50. The molecule has 2 aliphatic rings. The van der Waals surface area contributed by atoms with E-state index in [-0.39, 0.29) is 16.7 Å². The van der Waals surface area contributed by atoms with E-state index < -0.39 is 0 Å². The molecule has 3 nitrogen and oxygen atoms in total. The van der Waals surface area contributed by atoms with Crippen LogP contribution in [0.5, 0.6) is 0 Å². The Bertz CT molecular complexity index is 374. The number of nitrogens with zero attached hydrogens (tertiary/aromatic N) is 1. The maximum absolute atomic E-state index is 11.9. The Balaban J connectivity index is 2.27. The number of carbonyl (C=O) groups is 1. The van der Waals surface area contributed by atoms with Gasteiger partial charge in [0.25, 0.3) is 0 Å². The number of ketones is 1. The van der Waals surface area contributed by atoms with Crippen molar-refractivity contribution in [2.45, 2.75) is 77.0 Å². The molecule has 0 aliphatic carbocycles. The minimum absolute atomic E-state index is 0.105.